The van der Waals surface area contributed by atoms with Crippen molar-refractivity contribution in [3.8, 4) is 0 Å². The van der Waals surface area contributed by atoms with Gasteiger partial charge in [-0.05, 0) is 36.4 Å². The molecule has 116 valence electrons. The molecule has 1 aromatic carbocycles. The summed E-state index contributed by atoms with van der Waals surface area (Å²) in [5.74, 6) is -0.0495. The van der Waals surface area contributed by atoms with Crippen molar-refractivity contribution >= 4 is 23.2 Å². The molecule has 22 heavy (non-hydrogen) atoms. The Balaban J connectivity index is 2.23. The van der Waals surface area contributed by atoms with Crippen LogP contribution in [-0.2, 0) is 23.2 Å². The second kappa shape index (κ2) is 6.93. The van der Waals surface area contributed by atoms with E-state index in [4.69, 9.17) is 0 Å². The molecule has 5 heteroatoms. The summed E-state index contributed by atoms with van der Waals surface area (Å²) in [6.07, 6.45) is 2.40. The van der Waals surface area contributed by atoms with Gasteiger partial charge in [-0.15, -0.1) is 0 Å². The van der Waals surface area contributed by atoms with Crippen LogP contribution in [0, 0.1) is 0 Å². The molecule has 2 amide bonds. The van der Waals surface area contributed by atoms with E-state index in [9.17, 15) is 9.59 Å². The van der Waals surface area contributed by atoms with E-state index in [1.165, 1.54) is 6.92 Å². The van der Waals surface area contributed by atoms with Gasteiger partial charge in [0.05, 0.1) is 6.54 Å². The van der Waals surface area contributed by atoms with Gasteiger partial charge in [0.1, 0.15) is 0 Å². The number of carbonyl (C=O) groups excluding carboxylic acids is 2. The first kappa shape index (κ1) is 15.8. The van der Waals surface area contributed by atoms with Crippen molar-refractivity contribution in [2.75, 3.05) is 10.2 Å². The number of nitrogens with zero attached hydrogens (tertiary/aromatic N) is 2. The van der Waals surface area contributed by atoms with Crippen LogP contribution in [0.4, 0.5) is 11.4 Å². The molecule has 0 saturated carbocycles. The van der Waals surface area contributed by atoms with Crippen molar-refractivity contribution in [1.29, 1.82) is 0 Å². The molecule has 0 bridgehead atoms. The van der Waals surface area contributed by atoms with E-state index in [-0.39, 0.29) is 11.8 Å². The summed E-state index contributed by atoms with van der Waals surface area (Å²) in [4.78, 5) is 25.1. The number of benzene rings is 1. The zero-order valence-corrected chi connectivity index (χ0v) is 13.2. The number of hydrogen-bond acceptors (Lipinski definition) is 2. The van der Waals surface area contributed by atoms with Crippen LogP contribution in [0.15, 0.2) is 42.6 Å². The van der Waals surface area contributed by atoms with E-state index < -0.39 is 0 Å². The molecule has 0 aliphatic rings. The van der Waals surface area contributed by atoms with Gasteiger partial charge in [-0.3, -0.25) is 9.59 Å². The van der Waals surface area contributed by atoms with Gasteiger partial charge in [0.15, 0.2) is 0 Å². The molecular weight excluding hydrogens is 278 g/mol. The second-order valence-electron chi connectivity index (χ2n) is 5.17. The molecule has 2 aromatic rings. The lowest BCUT2D eigenvalue weighted by Gasteiger charge is -2.23. The fraction of sp³-hybridized carbons (Fsp3) is 0.294. The van der Waals surface area contributed by atoms with Gasteiger partial charge in [0.25, 0.3) is 0 Å². The van der Waals surface area contributed by atoms with Crippen molar-refractivity contribution in [2.24, 2.45) is 7.05 Å². The summed E-state index contributed by atoms with van der Waals surface area (Å²) >= 11 is 0. The molecule has 1 N–H and O–H groups in total. The number of rotatable bonds is 5. The van der Waals surface area contributed by atoms with Gasteiger partial charge < -0.3 is 14.8 Å². The van der Waals surface area contributed by atoms with Crippen LogP contribution in [0.25, 0.3) is 0 Å². The quantitative estimate of drug-likeness (QED) is 0.923. The van der Waals surface area contributed by atoms with Crippen LogP contribution in [0.5, 0.6) is 0 Å². The third kappa shape index (κ3) is 3.75. The summed E-state index contributed by atoms with van der Waals surface area (Å²) in [5.41, 5.74) is 2.61. The van der Waals surface area contributed by atoms with Crippen LogP contribution in [0.2, 0.25) is 0 Å². The Morgan fingerprint density at radius 3 is 2.36 bits per heavy atom. The molecule has 2 rings (SSSR count). The molecule has 0 fully saturated rings. The van der Waals surface area contributed by atoms with Crippen molar-refractivity contribution in [3.63, 3.8) is 0 Å². The minimum atomic E-state index is -0.113. The Kier molecular flexibility index (Phi) is 4.99. The average Bonchev–Trinajstić information content (AvgIpc) is 2.89. The Morgan fingerprint density at radius 1 is 1.18 bits per heavy atom. The first-order valence-electron chi connectivity index (χ1n) is 7.29. The molecule has 0 unspecified atom stereocenters. The lowest BCUT2D eigenvalue weighted by Crippen LogP contribution is -2.30. The lowest BCUT2D eigenvalue weighted by molar-refractivity contribution is -0.118. The average molecular weight is 299 g/mol. The number of anilines is 2. The van der Waals surface area contributed by atoms with E-state index in [0.717, 1.165) is 17.1 Å². The Hall–Kier alpha value is -2.56. The monoisotopic (exact) mass is 299 g/mol. The first-order valence-corrected chi connectivity index (χ1v) is 7.29. The fourth-order valence-electron chi connectivity index (χ4n) is 2.27. The summed E-state index contributed by atoms with van der Waals surface area (Å²) in [7, 11) is 1.96. The molecule has 0 aliphatic carbocycles. The molecule has 0 radical (unpaired) electrons. The van der Waals surface area contributed by atoms with E-state index >= 15 is 0 Å². The largest absolute Gasteiger partial charge is 0.353 e. The predicted molar refractivity (Wildman–Crippen MR) is 87.6 cm³/mol. The normalized spacial score (nSPS) is 10.3. The Labute approximate surface area is 130 Å². The highest BCUT2D eigenvalue weighted by Crippen LogP contribution is 2.21. The molecule has 0 saturated heterocycles. The maximum Gasteiger partial charge on any atom is 0.227 e. The fourth-order valence-corrected chi connectivity index (χ4v) is 2.27. The van der Waals surface area contributed by atoms with Crippen LogP contribution >= 0.6 is 0 Å². The number of aryl methyl sites for hydroxylation is 1. The first-order chi connectivity index (χ1) is 10.5. The highest BCUT2D eigenvalue weighted by molar-refractivity contribution is 5.94. The maximum absolute atomic E-state index is 12.3. The van der Waals surface area contributed by atoms with Crippen LogP contribution in [0.1, 0.15) is 26.0 Å². The van der Waals surface area contributed by atoms with Gasteiger partial charge >= 0.3 is 0 Å². The lowest BCUT2D eigenvalue weighted by atomic mass is 10.2. The number of hydrogen-bond donors (Lipinski definition) is 1. The van der Waals surface area contributed by atoms with Gasteiger partial charge in [-0.2, -0.15) is 0 Å². The van der Waals surface area contributed by atoms with E-state index in [1.54, 1.807) is 17.0 Å². The Morgan fingerprint density at radius 2 is 1.86 bits per heavy atom. The molecule has 0 aliphatic heterocycles. The standard InChI is InChI=1S/C17H21N3O2/c1-4-17(22)20(12-16-6-5-11-19(16)3)15-9-7-14(8-10-15)18-13(2)21/h5-11H,4,12H2,1-3H3,(H,18,21). The van der Waals surface area contributed by atoms with Gasteiger partial charge in [-0.1, -0.05) is 6.92 Å². The van der Waals surface area contributed by atoms with Crippen LogP contribution < -0.4 is 10.2 Å². The number of carbonyl (C=O) groups is 2. The van der Waals surface area contributed by atoms with Crippen molar-refractivity contribution in [3.05, 3.63) is 48.3 Å². The van der Waals surface area contributed by atoms with Gasteiger partial charge in [0, 0.05) is 43.7 Å². The summed E-state index contributed by atoms with van der Waals surface area (Å²) in [5, 5.41) is 2.72. The van der Waals surface area contributed by atoms with Crippen molar-refractivity contribution < 1.29 is 9.59 Å². The SMILES string of the molecule is CCC(=O)N(Cc1cccn1C)c1ccc(NC(C)=O)cc1. The highest BCUT2D eigenvalue weighted by Gasteiger charge is 2.15. The predicted octanol–water partition coefficient (Wildman–Crippen LogP) is 2.93. The zero-order valence-electron chi connectivity index (χ0n) is 13.2. The minimum absolute atomic E-state index is 0.0634. The third-order valence-electron chi connectivity index (χ3n) is 3.47. The molecular formula is C17H21N3O2. The summed E-state index contributed by atoms with van der Waals surface area (Å²) in [6.45, 7) is 3.85. The number of aromatic nitrogens is 1. The summed E-state index contributed by atoms with van der Waals surface area (Å²) in [6, 6.07) is 11.3. The molecule has 5 nitrogen and oxygen atoms in total. The molecule has 1 heterocycles. The topological polar surface area (TPSA) is 54.3 Å². The molecule has 0 atom stereocenters. The summed E-state index contributed by atoms with van der Waals surface area (Å²) < 4.78 is 2.00. The third-order valence-corrected chi connectivity index (χ3v) is 3.47. The Bertz CT molecular complexity index is 659. The van der Waals surface area contributed by atoms with Gasteiger partial charge in [0.2, 0.25) is 11.8 Å². The van der Waals surface area contributed by atoms with Crippen LogP contribution in [-0.4, -0.2) is 16.4 Å². The van der Waals surface area contributed by atoms with Crippen molar-refractivity contribution in [1.82, 2.24) is 4.57 Å². The van der Waals surface area contributed by atoms with E-state index in [1.807, 2.05) is 49.0 Å². The van der Waals surface area contributed by atoms with Crippen molar-refractivity contribution in [2.45, 2.75) is 26.8 Å². The number of nitrogens with one attached hydrogen (secondary N) is 1. The smallest absolute Gasteiger partial charge is 0.227 e. The zero-order chi connectivity index (χ0) is 16.1. The highest BCUT2D eigenvalue weighted by atomic mass is 16.2. The molecule has 0 spiro atoms. The van der Waals surface area contributed by atoms with E-state index in [2.05, 4.69) is 5.32 Å². The van der Waals surface area contributed by atoms with Crippen LogP contribution in [0.3, 0.4) is 0 Å². The van der Waals surface area contributed by atoms with Gasteiger partial charge in [-0.25, -0.2) is 0 Å². The van der Waals surface area contributed by atoms with E-state index in [0.29, 0.717) is 13.0 Å². The second-order valence-corrected chi connectivity index (χ2v) is 5.17. The molecule has 1 aromatic heterocycles. The number of amides is 2. The maximum atomic E-state index is 12.3. The minimum Gasteiger partial charge on any atom is -0.353 e.